The number of para-hydroxylation sites is 1. The molecule has 4 rings (SSSR count). The lowest BCUT2D eigenvalue weighted by atomic mass is 10.2. The number of anilines is 1. The molecule has 26 heavy (non-hydrogen) atoms. The molecular weight excluding hydrogens is 324 g/mol. The largest absolute Gasteiger partial charge is 0.369 e. The second-order valence-corrected chi connectivity index (χ2v) is 6.52. The van der Waals surface area contributed by atoms with Gasteiger partial charge in [-0.2, -0.15) is 0 Å². The number of carbonyl (C=O) groups excluding carboxylic acids is 1. The predicted molar refractivity (Wildman–Crippen MR) is 103 cm³/mol. The summed E-state index contributed by atoms with van der Waals surface area (Å²) >= 11 is 0. The molecule has 3 aromatic rings. The average molecular weight is 346 g/mol. The molecule has 1 aromatic heterocycles. The van der Waals surface area contributed by atoms with Crippen molar-refractivity contribution in [1.29, 1.82) is 0 Å². The number of rotatable bonds is 5. The summed E-state index contributed by atoms with van der Waals surface area (Å²) in [6.07, 6.45) is 4.78. The fourth-order valence-electron chi connectivity index (χ4n) is 3.40. The van der Waals surface area contributed by atoms with Crippen molar-refractivity contribution in [3.05, 3.63) is 78.4 Å². The highest BCUT2D eigenvalue weighted by Crippen LogP contribution is 2.18. The van der Waals surface area contributed by atoms with Crippen molar-refractivity contribution in [1.82, 2.24) is 14.5 Å². The maximum atomic E-state index is 10.8. The molecule has 2 heterocycles. The predicted octanol–water partition coefficient (Wildman–Crippen LogP) is 3.01. The molecule has 0 aliphatic carbocycles. The first kappa shape index (κ1) is 16.5. The highest BCUT2D eigenvalue weighted by Gasteiger charge is 2.19. The first-order valence-corrected chi connectivity index (χ1v) is 8.94. The van der Waals surface area contributed by atoms with Crippen LogP contribution in [0.1, 0.15) is 16.2 Å². The zero-order chi connectivity index (χ0) is 17.8. The van der Waals surface area contributed by atoms with Gasteiger partial charge in [0.2, 0.25) is 0 Å². The molecule has 1 aliphatic heterocycles. The summed E-state index contributed by atoms with van der Waals surface area (Å²) in [7, 11) is 0. The van der Waals surface area contributed by atoms with E-state index in [-0.39, 0.29) is 0 Å². The molecule has 2 aromatic carbocycles. The number of aldehydes is 1. The molecule has 0 amide bonds. The zero-order valence-corrected chi connectivity index (χ0v) is 14.7. The van der Waals surface area contributed by atoms with Gasteiger partial charge in [-0.15, -0.1) is 0 Å². The second-order valence-electron chi connectivity index (χ2n) is 6.52. The summed E-state index contributed by atoms with van der Waals surface area (Å²) in [6.45, 7) is 4.80. The van der Waals surface area contributed by atoms with Crippen LogP contribution in [0.4, 0.5) is 5.69 Å². The summed E-state index contributed by atoms with van der Waals surface area (Å²) < 4.78 is 2.16. The monoisotopic (exact) mass is 346 g/mol. The molecular formula is C21H22N4O. The van der Waals surface area contributed by atoms with E-state index in [2.05, 4.69) is 31.5 Å². The number of hydrogen-bond donors (Lipinski definition) is 0. The molecule has 0 atom stereocenters. The fraction of sp³-hybridized carbons (Fsp3) is 0.238. The van der Waals surface area contributed by atoms with Crippen molar-refractivity contribution in [3.8, 4) is 5.69 Å². The number of imidazole rings is 1. The van der Waals surface area contributed by atoms with Gasteiger partial charge in [-0.05, 0) is 36.4 Å². The molecule has 0 bridgehead atoms. The number of benzene rings is 2. The van der Waals surface area contributed by atoms with E-state index in [4.69, 9.17) is 0 Å². The minimum absolute atomic E-state index is 0.722. The number of hydrogen-bond acceptors (Lipinski definition) is 4. The van der Waals surface area contributed by atoms with Gasteiger partial charge in [0.05, 0.1) is 6.54 Å². The normalized spacial score (nSPS) is 15.2. The standard InChI is InChI=1S/C21H22N4O/c26-17-18-6-8-19(9-7-18)24-14-12-23(13-15-24)16-21-22-10-11-25(21)20-4-2-1-3-5-20/h1-11,17H,12-16H2. The van der Waals surface area contributed by atoms with E-state index in [1.807, 2.05) is 54.9 Å². The van der Waals surface area contributed by atoms with Crippen molar-refractivity contribution in [3.63, 3.8) is 0 Å². The van der Waals surface area contributed by atoms with Crippen LogP contribution in [0, 0.1) is 0 Å². The van der Waals surface area contributed by atoms with Gasteiger partial charge in [0.1, 0.15) is 12.1 Å². The maximum absolute atomic E-state index is 10.8. The van der Waals surface area contributed by atoms with Crippen molar-refractivity contribution in [2.45, 2.75) is 6.54 Å². The lowest BCUT2D eigenvalue weighted by Crippen LogP contribution is -2.46. The van der Waals surface area contributed by atoms with Crippen LogP contribution in [0.15, 0.2) is 67.0 Å². The Balaban J connectivity index is 1.39. The van der Waals surface area contributed by atoms with Crippen LogP contribution in [0.5, 0.6) is 0 Å². The Kier molecular flexibility index (Phi) is 4.80. The van der Waals surface area contributed by atoms with E-state index >= 15 is 0 Å². The van der Waals surface area contributed by atoms with Crippen LogP contribution >= 0.6 is 0 Å². The van der Waals surface area contributed by atoms with E-state index in [0.717, 1.165) is 56.1 Å². The summed E-state index contributed by atoms with van der Waals surface area (Å²) in [6, 6.07) is 18.2. The van der Waals surface area contributed by atoms with Gasteiger partial charge in [-0.3, -0.25) is 9.69 Å². The molecule has 1 fully saturated rings. The van der Waals surface area contributed by atoms with E-state index in [9.17, 15) is 4.79 Å². The van der Waals surface area contributed by atoms with Gasteiger partial charge in [0, 0.05) is 55.5 Å². The van der Waals surface area contributed by atoms with E-state index in [1.54, 1.807) is 0 Å². The van der Waals surface area contributed by atoms with Crippen LogP contribution in [0.25, 0.3) is 5.69 Å². The Morgan fingerprint density at radius 3 is 2.31 bits per heavy atom. The van der Waals surface area contributed by atoms with E-state index in [0.29, 0.717) is 0 Å². The van der Waals surface area contributed by atoms with Crippen molar-refractivity contribution < 1.29 is 4.79 Å². The van der Waals surface area contributed by atoms with Gasteiger partial charge in [0.15, 0.2) is 0 Å². The molecule has 132 valence electrons. The maximum Gasteiger partial charge on any atom is 0.150 e. The van der Waals surface area contributed by atoms with Crippen LogP contribution in [-0.2, 0) is 6.54 Å². The third kappa shape index (κ3) is 3.53. The Bertz CT molecular complexity index is 849. The second kappa shape index (κ2) is 7.54. The number of nitrogens with zero attached hydrogens (tertiary/aromatic N) is 4. The van der Waals surface area contributed by atoms with Crippen LogP contribution in [-0.4, -0.2) is 46.9 Å². The molecule has 1 aliphatic rings. The first-order chi connectivity index (χ1) is 12.8. The number of aromatic nitrogens is 2. The highest BCUT2D eigenvalue weighted by atomic mass is 16.1. The van der Waals surface area contributed by atoms with Gasteiger partial charge in [-0.1, -0.05) is 18.2 Å². The molecule has 0 N–H and O–H groups in total. The van der Waals surface area contributed by atoms with Gasteiger partial charge in [0.25, 0.3) is 0 Å². The van der Waals surface area contributed by atoms with Crippen LogP contribution in [0.3, 0.4) is 0 Å². The number of carbonyl (C=O) groups is 1. The Hall–Kier alpha value is -2.92. The highest BCUT2D eigenvalue weighted by molar-refractivity contribution is 5.75. The number of piperazine rings is 1. The van der Waals surface area contributed by atoms with Gasteiger partial charge in [-0.25, -0.2) is 4.98 Å². The van der Waals surface area contributed by atoms with Crippen LogP contribution in [0.2, 0.25) is 0 Å². The quantitative estimate of drug-likeness (QED) is 0.666. The Morgan fingerprint density at radius 2 is 1.62 bits per heavy atom. The minimum Gasteiger partial charge on any atom is -0.369 e. The molecule has 5 nitrogen and oxygen atoms in total. The first-order valence-electron chi connectivity index (χ1n) is 8.94. The summed E-state index contributed by atoms with van der Waals surface area (Å²) in [5.41, 5.74) is 3.05. The fourth-order valence-corrected chi connectivity index (χ4v) is 3.40. The lowest BCUT2D eigenvalue weighted by molar-refractivity contribution is 0.112. The molecule has 0 radical (unpaired) electrons. The SMILES string of the molecule is O=Cc1ccc(N2CCN(Cc3nccn3-c3ccccc3)CC2)cc1. The topological polar surface area (TPSA) is 41.4 Å². The Morgan fingerprint density at radius 1 is 0.885 bits per heavy atom. The summed E-state index contributed by atoms with van der Waals surface area (Å²) in [4.78, 5) is 20.2. The van der Waals surface area contributed by atoms with Crippen LogP contribution < -0.4 is 4.90 Å². The molecule has 0 unspecified atom stereocenters. The molecule has 1 saturated heterocycles. The van der Waals surface area contributed by atoms with Crippen molar-refractivity contribution >= 4 is 12.0 Å². The smallest absolute Gasteiger partial charge is 0.150 e. The summed E-state index contributed by atoms with van der Waals surface area (Å²) in [5.74, 6) is 1.07. The third-order valence-corrected chi connectivity index (χ3v) is 4.88. The van der Waals surface area contributed by atoms with E-state index < -0.39 is 0 Å². The third-order valence-electron chi connectivity index (χ3n) is 4.88. The van der Waals surface area contributed by atoms with Gasteiger partial charge >= 0.3 is 0 Å². The Labute approximate surface area is 153 Å². The zero-order valence-electron chi connectivity index (χ0n) is 14.7. The molecule has 5 heteroatoms. The van der Waals surface area contributed by atoms with E-state index in [1.165, 1.54) is 5.69 Å². The molecule has 0 saturated carbocycles. The van der Waals surface area contributed by atoms with Gasteiger partial charge < -0.3 is 9.47 Å². The van der Waals surface area contributed by atoms with Crippen molar-refractivity contribution in [2.24, 2.45) is 0 Å². The summed E-state index contributed by atoms with van der Waals surface area (Å²) in [5, 5.41) is 0. The molecule has 0 spiro atoms. The average Bonchev–Trinajstić information content (AvgIpc) is 3.17. The lowest BCUT2D eigenvalue weighted by Gasteiger charge is -2.36. The minimum atomic E-state index is 0.722. The van der Waals surface area contributed by atoms with Crippen molar-refractivity contribution in [2.75, 3.05) is 31.1 Å².